The fourth-order valence-electron chi connectivity index (χ4n) is 5.16. The molecule has 11 heteroatoms. The number of allylic oxidation sites excluding steroid dienone is 1. The van der Waals surface area contributed by atoms with E-state index in [0.717, 1.165) is 16.8 Å². The Morgan fingerprint density at radius 2 is 1.49 bits per heavy atom. The van der Waals surface area contributed by atoms with Crippen molar-refractivity contribution >= 4 is 35.1 Å². The number of ether oxygens (including phenoxy) is 6. The molecule has 1 saturated heterocycles. The minimum Gasteiger partial charge on any atom is -0.494 e. The molecule has 2 aliphatic heterocycles. The third-order valence-electron chi connectivity index (χ3n) is 6.37. The number of carbonyl (C=O) groups excluding carboxylic acids is 4. The van der Waals surface area contributed by atoms with Crippen molar-refractivity contribution in [3.63, 3.8) is 0 Å². The second-order valence-electron chi connectivity index (χ2n) is 10.1. The molecule has 5 atom stereocenters. The lowest BCUT2D eigenvalue weighted by atomic mass is 9.86. The minimum atomic E-state index is -1.26. The highest BCUT2D eigenvalue weighted by atomic mass is 16.7. The smallest absolute Gasteiger partial charge is 0.303 e. The predicted octanol–water partition coefficient (Wildman–Crippen LogP) is 3.17. The van der Waals surface area contributed by atoms with Crippen molar-refractivity contribution in [3.8, 4) is 5.75 Å². The lowest BCUT2D eigenvalue weighted by Crippen LogP contribution is -2.69. The van der Waals surface area contributed by atoms with Gasteiger partial charge < -0.3 is 33.3 Å². The van der Waals surface area contributed by atoms with Crippen LogP contribution in [0.2, 0.25) is 0 Å². The molecule has 0 spiro atoms. The van der Waals surface area contributed by atoms with Crippen molar-refractivity contribution in [2.24, 2.45) is 0 Å². The SMILES string of the molecule is CCOc1ccc2c(c1)C(C)=CC(C)(C)N2C1O[C@H](COC(C)=O)[C@@H](OC(C)=O)[C@H](OC(C)=O)[C@H]1OC(C)=O. The number of benzene rings is 1. The maximum atomic E-state index is 12.3. The maximum Gasteiger partial charge on any atom is 0.303 e. The van der Waals surface area contributed by atoms with Gasteiger partial charge in [0.1, 0.15) is 18.5 Å². The Morgan fingerprint density at radius 1 is 0.897 bits per heavy atom. The second kappa shape index (κ2) is 12.1. The molecule has 0 radical (unpaired) electrons. The van der Waals surface area contributed by atoms with E-state index in [-0.39, 0.29) is 6.61 Å². The van der Waals surface area contributed by atoms with Gasteiger partial charge in [-0.3, -0.25) is 19.2 Å². The number of anilines is 1. The first-order valence-corrected chi connectivity index (χ1v) is 12.8. The Morgan fingerprint density at radius 3 is 2.05 bits per heavy atom. The molecule has 2 aliphatic rings. The van der Waals surface area contributed by atoms with Crippen LogP contribution in [0.5, 0.6) is 5.75 Å². The second-order valence-corrected chi connectivity index (χ2v) is 10.1. The molecule has 214 valence electrons. The minimum absolute atomic E-state index is 0.298. The van der Waals surface area contributed by atoms with Crippen LogP contribution >= 0.6 is 0 Å². The van der Waals surface area contributed by atoms with Gasteiger partial charge in [-0.05, 0) is 51.5 Å². The molecule has 0 saturated carbocycles. The predicted molar refractivity (Wildman–Crippen MR) is 140 cm³/mol. The molecule has 11 nitrogen and oxygen atoms in total. The quantitative estimate of drug-likeness (QED) is 0.352. The van der Waals surface area contributed by atoms with Crippen molar-refractivity contribution in [1.29, 1.82) is 0 Å². The zero-order chi connectivity index (χ0) is 29.1. The molecule has 3 rings (SSSR count). The molecule has 0 amide bonds. The molecule has 0 bridgehead atoms. The first-order valence-electron chi connectivity index (χ1n) is 12.8. The summed E-state index contributed by atoms with van der Waals surface area (Å²) in [5, 5.41) is 0. The molecule has 0 aromatic heterocycles. The number of rotatable bonds is 8. The van der Waals surface area contributed by atoms with Crippen LogP contribution in [0.25, 0.3) is 5.57 Å². The van der Waals surface area contributed by atoms with Crippen molar-refractivity contribution in [2.75, 3.05) is 18.1 Å². The van der Waals surface area contributed by atoms with Crippen molar-refractivity contribution in [2.45, 2.75) is 91.6 Å². The summed E-state index contributed by atoms with van der Waals surface area (Å²) in [5.74, 6) is -1.91. The van der Waals surface area contributed by atoms with E-state index in [4.69, 9.17) is 28.4 Å². The normalized spacial score (nSPS) is 25.5. The number of esters is 4. The van der Waals surface area contributed by atoms with Crippen molar-refractivity contribution in [3.05, 3.63) is 29.8 Å². The molecule has 1 unspecified atom stereocenters. The van der Waals surface area contributed by atoms with Gasteiger partial charge in [-0.25, -0.2) is 0 Å². The van der Waals surface area contributed by atoms with Gasteiger partial charge in [0.05, 0.1) is 12.1 Å². The van der Waals surface area contributed by atoms with Crippen LogP contribution in [-0.4, -0.2) is 73.3 Å². The van der Waals surface area contributed by atoms with Crippen LogP contribution in [0.4, 0.5) is 5.69 Å². The van der Waals surface area contributed by atoms with E-state index in [1.165, 1.54) is 27.7 Å². The summed E-state index contributed by atoms with van der Waals surface area (Å²) in [4.78, 5) is 50.2. The van der Waals surface area contributed by atoms with Gasteiger partial charge in [0.15, 0.2) is 24.5 Å². The van der Waals surface area contributed by atoms with E-state index in [0.29, 0.717) is 12.4 Å². The van der Waals surface area contributed by atoms with Crippen LogP contribution in [-0.2, 0) is 42.9 Å². The van der Waals surface area contributed by atoms with Gasteiger partial charge in [0, 0.05) is 38.9 Å². The Balaban J connectivity index is 2.20. The molecular formula is C28H37NO10. The largest absolute Gasteiger partial charge is 0.494 e. The fourth-order valence-corrected chi connectivity index (χ4v) is 5.16. The topological polar surface area (TPSA) is 127 Å². The van der Waals surface area contributed by atoms with E-state index in [1.54, 1.807) is 0 Å². The number of nitrogens with zero attached hydrogens (tertiary/aromatic N) is 1. The van der Waals surface area contributed by atoms with Gasteiger partial charge in [-0.15, -0.1) is 0 Å². The van der Waals surface area contributed by atoms with E-state index in [9.17, 15) is 19.2 Å². The summed E-state index contributed by atoms with van der Waals surface area (Å²) < 4.78 is 34.3. The number of carbonyl (C=O) groups is 4. The summed E-state index contributed by atoms with van der Waals surface area (Å²) in [6.07, 6.45) is -3.75. The monoisotopic (exact) mass is 547 g/mol. The van der Waals surface area contributed by atoms with Gasteiger partial charge in [0.2, 0.25) is 0 Å². The number of hydrogen-bond donors (Lipinski definition) is 0. The zero-order valence-electron chi connectivity index (χ0n) is 23.6. The Kier molecular flexibility index (Phi) is 9.26. The molecule has 1 fully saturated rings. The summed E-state index contributed by atoms with van der Waals surface area (Å²) in [5.41, 5.74) is 1.94. The van der Waals surface area contributed by atoms with Gasteiger partial charge in [0.25, 0.3) is 0 Å². The van der Waals surface area contributed by atoms with E-state index in [1.807, 2.05) is 56.9 Å². The number of fused-ring (bicyclic) bond motifs is 1. The Labute approximate surface area is 228 Å². The molecule has 0 N–H and O–H groups in total. The summed E-state index contributed by atoms with van der Waals surface area (Å²) in [7, 11) is 0. The standard InChI is InChI=1S/C28H37NO10/c1-9-34-20-10-11-22-21(12-20)15(2)13-28(7,8)29(22)27-26(38-19(6)33)25(37-18(5)32)24(36-17(4)31)23(39-27)14-35-16(3)30/h10-13,23-27H,9,14H2,1-8H3/t23-,24-,25+,26-,27?/m1/s1. The molecular weight excluding hydrogens is 510 g/mol. The lowest BCUT2D eigenvalue weighted by Gasteiger charge is -2.53. The van der Waals surface area contributed by atoms with Crippen LogP contribution in [0.1, 0.15) is 61.0 Å². The van der Waals surface area contributed by atoms with Crippen LogP contribution < -0.4 is 9.64 Å². The molecule has 39 heavy (non-hydrogen) atoms. The van der Waals surface area contributed by atoms with E-state index >= 15 is 0 Å². The summed E-state index contributed by atoms with van der Waals surface area (Å²) in [6, 6.07) is 5.63. The first kappa shape index (κ1) is 29.9. The van der Waals surface area contributed by atoms with Crippen molar-refractivity contribution in [1.82, 2.24) is 0 Å². The summed E-state index contributed by atoms with van der Waals surface area (Å²) in [6.45, 7) is 12.9. The van der Waals surface area contributed by atoms with Gasteiger partial charge >= 0.3 is 23.9 Å². The number of hydrogen-bond acceptors (Lipinski definition) is 11. The van der Waals surface area contributed by atoms with E-state index in [2.05, 4.69) is 0 Å². The maximum absolute atomic E-state index is 12.3. The van der Waals surface area contributed by atoms with Crippen LogP contribution in [0.15, 0.2) is 24.3 Å². The first-order chi connectivity index (χ1) is 18.2. The van der Waals surface area contributed by atoms with Crippen LogP contribution in [0, 0.1) is 0 Å². The molecule has 1 aromatic rings. The highest BCUT2D eigenvalue weighted by Crippen LogP contribution is 2.45. The van der Waals surface area contributed by atoms with Crippen LogP contribution in [0.3, 0.4) is 0 Å². The average molecular weight is 548 g/mol. The molecule has 0 aliphatic carbocycles. The summed E-state index contributed by atoms with van der Waals surface area (Å²) >= 11 is 0. The van der Waals surface area contributed by atoms with Gasteiger partial charge in [-0.2, -0.15) is 0 Å². The van der Waals surface area contributed by atoms with Crippen molar-refractivity contribution < 1.29 is 47.6 Å². The highest BCUT2D eigenvalue weighted by Gasteiger charge is 2.56. The lowest BCUT2D eigenvalue weighted by molar-refractivity contribution is -0.253. The van der Waals surface area contributed by atoms with Gasteiger partial charge in [-0.1, -0.05) is 6.08 Å². The highest BCUT2D eigenvalue weighted by molar-refractivity contribution is 5.82. The zero-order valence-corrected chi connectivity index (χ0v) is 23.6. The fraction of sp³-hybridized carbons (Fsp3) is 0.571. The Bertz CT molecular complexity index is 1140. The third kappa shape index (κ3) is 6.89. The third-order valence-corrected chi connectivity index (χ3v) is 6.37. The molecule has 2 heterocycles. The Hall–Kier alpha value is -3.60. The average Bonchev–Trinajstić information content (AvgIpc) is 2.80. The van der Waals surface area contributed by atoms with E-state index < -0.39 is 60.1 Å². The molecule has 1 aromatic carbocycles.